The average Bonchev–Trinajstić information content (AvgIpc) is 2.61. The van der Waals surface area contributed by atoms with Gasteiger partial charge in [0.1, 0.15) is 15.9 Å². The zero-order chi connectivity index (χ0) is 17.0. The van der Waals surface area contributed by atoms with Gasteiger partial charge in [-0.15, -0.1) is 4.31 Å². The molecule has 24 heavy (non-hydrogen) atoms. The van der Waals surface area contributed by atoms with Crippen molar-refractivity contribution in [3.05, 3.63) is 91.0 Å². The molecule has 0 spiro atoms. The Hall–Kier alpha value is -1.80. The van der Waals surface area contributed by atoms with Crippen LogP contribution >= 0.6 is 15.3 Å². The van der Waals surface area contributed by atoms with E-state index in [-0.39, 0.29) is 0 Å². The Kier molecular flexibility index (Phi) is 4.96. The first-order chi connectivity index (χ1) is 11.5. The standard InChI is InChI=1S/C18H16O4P2/c19-24(20,21)22-23(16-10-4-1-5-11-16,17-12-6-2-7-13-17)18-14-8-3-9-15-18/h1-15H,(H-,19,20,21)/p+1. The molecular weight excluding hydrogens is 342 g/mol. The summed E-state index contributed by atoms with van der Waals surface area (Å²) in [5.74, 6) is 0. The van der Waals surface area contributed by atoms with Crippen LogP contribution < -0.4 is 15.9 Å². The summed E-state index contributed by atoms with van der Waals surface area (Å²) >= 11 is 0. The van der Waals surface area contributed by atoms with Gasteiger partial charge in [0.05, 0.1) is 0 Å². The molecule has 0 aromatic heterocycles. The molecule has 0 unspecified atom stereocenters. The van der Waals surface area contributed by atoms with Crippen molar-refractivity contribution < 1.29 is 18.7 Å². The maximum absolute atomic E-state index is 11.9. The first kappa shape index (κ1) is 17.0. The van der Waals surface area contributed by atoms with Crippen molar-refractivity contribution in [2.24, 2.45) is 0 Å². The van der Waals surface area contributed by atoms with Gasteiger partial charge in [-0.2, -0.15) is 0 Å². The van der Waals surface area contributed by atoms with Gasteiger partial charge in [-0.3, -0.25) is 0 Å². The van der Waals surface area contributed by atoms with E-state index in [4.69, 9.17) is 4.31 Å². The summed E-state index contributed by atoms with van der Waals surface area (Å²) in [6.07, 6.45) is 0. The highest BCUT2D eigenvalue weighted by Crippen LogP contribution is 2.65. The van der Waals surface area contributed by atoms with Gasteiger partial charge in [0.2, 0.25) is 0 Å². The molecule has 0 saturated heterocycles. The minimum Gasteiger partial charge on any atom is -0.300 e. The van der Waals surface area contributed by atoms with E-state index in [0.717, 1.165) is 15.9 Å². The van der Waals surface area contributed by atoms with E-state index in [0.29, 0.717) is 0 Å². The lowest BCUT2D eigenvalue weighted by Crippen LogP contribution is -2.32. The van der Waals surface area contributed by atoms with Crippen LogP contribution in [0, 0.1) is 0 Å². The third-order valence-corrected chi connectivity index (χ3v) is 8.50. The van der Waals surface area contributed by atoms with Crippen LogP contribution in [-0.4, -0.2) is 9.79 Å². The van der Waals surface area contributed by atoms with E-state index in [1.54, 1.807) is 0 Å². The molecule has 0 aliphatic carbocycles. The summed E-state index contributed by atoms with van der Waals surface area (Å²) in [5, 5.41) is 2.27. The third kappa shape index (κ3) is 3.49. The number of hydrogen-bond donors (Lipinski definition) is 2. The Bertz CT molecular complexity index is 736. The van der Waals surface area contributed by atoms with Crippen molar-refractivity contribution in [1.82, 2.24) is 0 Å². The van der Waals surface area contributed by atoms with Gasteiger partial charge >= 0.3 is 7.82 Å². The van der Waals surface area contributed by atoms with E-state index < -0.39 is 15.3 Å². The second-order valence-electron chi connectivity index (χ2n) is 5.19. The minimum atomic E-state index is -4.73. The molecular formula is C18H17O4P2+. The lowest BCUT2D eigenvalue weighted by atomic mass is 10.4. The molecule has 0 fully saturated rings. The Balaban J connectivity index is 2.35. The van der Waals surface area contributed by atoms with Gasteiger partial charge in [0, 0.05) is 0 Å². The Labute approximate surface area is 141 Å². The maximum atomic E-state index is 11.9. The first-order valence-corrected chi connectivity index (χ1v) is 10.6. The predicted molar refractivity (Wildman–Crippen MR) is 98.3 cm³/mol. The molecule has 3 aromatic carbocycles. The van der Waals surface area contributed by atoms with Gasteiger partial charge in [-0.1, -0.05) is 54.6 Å². The largest absolute Gasteiger partial charge is 0.504 e. The summed E-state index contributed by atoms with van der Waals surface area (Å²) in [7, 11) is -7.67. The fourth-order valence-corrected chi connectivity index (χ4v) is 7.74. The molecule has 0 radical (unpaired) electrons. The summed E-state index contributed by atoms with van der Waals surface area (Å²) in [4.78, 5) is 19.3. The molecule has 0 heterocycles. The normalized spacial score (nSPS) is 12.1. The highest BCUT2D eigenvalue weighted by molar-refractivity contribution is 7.94. The Morgan fingerprint density at radius 2 is 0.917 bits per heavy atom. The molecule has 0 saturated carbocycles. The fourth-order valence-electron chi connectivity index (χ4n) is 2.66. The molecule has 6 heteroatoms. The summed E-state index contributed by atoms with van der Waals surface area (Å²) < 4.78 is 17.4. The second-order valence-corrected chi connectivity index (χ2v) is 9.59. The average molecular weight is 359 g/mol. The lowest BCUT2D eigenvalue weighted by molar-refractivity contribution is 0.293. The highest BCUT2D eigenvalue weighted by atomic mass is 31.3. The van der Waals surface area contributed by atoms with E-state index in [1.165, 1.54) is 0 Å². The van der Waals surface area contributed by atoms with Crippen molar-refractivity contribution in [3.63, 3.8) is 0 Å². The van der Waals surface area contributed by atoms with Crippen LogP contribution in [0.15, 0.2) is 91.0 Å². The van der Waals surface area contributed by atoms with Crippen LogP contribution in [0.3, 0.4) is 0 Å². The van der Waals surface area contributed by atoms with Crippen molar-refractivity contribution >= 4 is 31.2 Å². The SMILES string of the molecule is O=P(O)(O)O[P+](c1ccccc1)(c1ccccc1)c1ccccc1. The zero-order valence-corrected chi connectivity index (χ0v) is 14.6. The van der Waals surface area contributed by atoms with Crippen molar-refractivity contribution in [3.8, 4) is 0 Å². The zero-order valence-electron chi connectivity index (χ0n) is 12.8. The molecule has 3 rings (SSSR count). The van der Waals surface area contributed by atoms with Crippen LogP contribution in [0.1, 0.15) is 0 Å². The second kappa shape index (κ2) is 6.98. The van der Waals surface area contributed by atoms with Crippen LogP contribution in [-0.2, 0) is 8.88 Å². The number of phosphoric acid groups is 1. The van der Waals surface area contributed by atoms with Crippen molar-refractivity contribution in [1.29, 1.82) is 0 Å². The summed E-state index contributed by atoms with van der Waals surface area (Å²) in [6.45, 7) is 0. The topological polar surface area (TPSA) is 66.8 Å². The van der Waals surface area contributed by atoms with E-state index in [2.05, 4.69) is 0 Å². The maximum Gasteiger partial charge on any atom is 0.504 e. The summed E-state index contributed by atoms with van der Waals surface area (Å²) in [5.41, 5.74) is 0. The van der Waals surface area contributed by atoms with Gasteiger partial charge in [0.15, 0.2) is 0 Å². The van der Waals surface area contributed by atoms with Gasteiger partial charge in [-0.25, -0.2) is 4.57 Å². The Morgan fingerprint density at radius 3 is 1.17 bits per heavy atom. The lowest BCUT2D eigenvalue weighted by Gasteiger charge is -2.25. The first-order valence-electron chi connectivity index (χ1n) is 7.35. The Morgan fingerprint density at radius 1 is 0.625 bits per heavy atom. The van der Waals surface area contributed by atoms with Crippen LogP contribution in [0.5, 0.6) is 0 Å². The molecule has 122 valence electrons. The monoisotopic (exact) mass is 359 g/mol. The van der Waals surface area contributed by atoms with E-state index in [1.807, 2.05) is 91.0 Å². The van der Waals surface area contributed by atoms with Gasteiger partial charge < -0.3 is 9.79 Å². The molecule has 0 amide bonds. The molecule has 3 aromatic rings. The van der Waals surface area contributed by atoms with Gasteiger partial charge in [-0.05, 0) is 36.4 Å². The number of rotatable bonds is 5. The molecule has 2 N–H and O–H groups in total. The third-order valence-electron chi connectivity index (χ3n) is 3.59. The number of benzene rings is 3. The number of hydrogen-bond acceptors (Lipinski definition) is 2. The van der Waals surface area contributed by atoms with Crippen LogP contribution in [0.2, 0.25) is 0 Å². The summed E-state index contributed by atoms with van der Waals surface area (Å²) in [6, 6.07) is 27.8. The van der Waals surface area contributed by atoms with Crippen molar-refractivity contribution in [2.45, 2.75) is 0 Å². The van der Waals surface area contributed by atoms with Crippen LogP contribution in [0.25, 0.3) is 0 Å². The molecule has 0 bridgehead atoms. The van der Waals surface area contributed by atoms with Crippen molar-refractivity contribution in [2.75, 3.05) is 0 Å². The van der Waals surface area contributed by atoms with E-state index >= 15 is 0 Å². The van der Waals surface area contributed by atoms with Crippen LogP contribution in [0.4, 0.5) is 0 Å². The van der Waals surface area contributed by atoms with E-state index in [9.17, 15) is 14.4 Å². The highest BCUT2D eigenvalue weighted by Gasteiger charge is 2.53. The molecule has 0 aliphatic heterocycles. The van der Waals surface area contributed by atoms with Gasteiger partial charge in [0.25, 0.3) is 7.49 Å². The smallest absolute Gasteiger partial charge is 0.300 e. The minimum absolute atomic E-state index is 0.755. The molecule has 0 atom stereocenters. The molecule has 4 nitrogen and oxygen atoms in total. The quantitative estimate of drug-likeness (QED) is 0.688. The molecule has 0 aliphatic rings. The predicted octanol–water partition coefficient (Wildman–Crippen LogP) is 3.00. The fraction of sp³-hybridized carbons (Fsp3) is 0.